The molecule has 2 nitrogen and oxygen atoms in total. The van der Waals surface area contributed by atoms with E-state index in [1.807, 2.05) is 12.1 Å². The number of nitrogens with two attached hydrogens (primary N) is 1. The fourth-order valence-corrected chi connectivity index (χ4v) is 2.42. The molecule has 1 heterocycles. The van der Waals surface area contributed by atoms with Crippen molar-refractivity contribution in [3.05, 3.63) is 35.6 Å². The van der Waals surface area contributed by atoms with Crippen LogP contribution < -0.4 is 5.73 Å². The molecule has 0 saturated heterocycles. The second-order valence-corrected chi connectivity index (χ2v) is 3.97. The van der Waals surface area contributed by atoms with E-state index in [1.54, 1.807) is 6.26 Å². The summed E-state index contributed by atoms with van der Waals surface area (Å²) in [4.78, 5) is 0. The standard InChI is InChI=1S/C12H13NO/c13-10-3-1-2-8-4-5-11-9(12(8)10)6-7-14-11/h4-7,10H,1-3,13H2/t10-/m1/s1. The molecular formula is C12H13NO. The summed E-state index contributed by atoms with van der Waals surface area (Å²) in [6.45, 7) is 0. The van der Waals surface area contributed by atoms with Gasteiger partial charge in [0.15, 0.2) is 0 Å². The van der Waals surface area contributed by atoms with Crippen molar-refractivity contribution >= 4 is 11.0 Å². The van der Waals surface area contributed by atoms with Gasteiger partial charge in [0.25, 0.3) is 0 Å². The first-order chi connectivity index (χ1) is 6.86. The van der Waals surface area contributed by atoms with Crippen LogP contribution in [0.5, 0.6) is 0 Å². The molecule has 0 unspecified atom stereocenters. The highest BCUT2D eigenvalue weighted by Gasteiger charge is 2.19. The molecule has 0 fully saturated rings. The van der Waals surface area contributed by atoms with Crippen LogP contribution in [0.4, 0.5) is 0 Å². The third-order valence-electron chi connectivity index (χ3n) is 3.10. The number of fused-ring (bicyclic) bond motifs is 3. The lowest BCUT2D eigenvalue weighted by Crippen LogP contribution is -2.17. The molecular weight excluding hydrogens is 174 g/mol. The van der Waals surface area contributed by atoms with Crippen LogP contribution in [0.2, 0.25) is 0 Å². The van der Waals surface area contributed by atoms with Gasteiger partial charge in [-0.3, -0.25) is 0 Å². The molecule has 1 aliphatic carbocycles. The van der Waals surface area contributed by atoms with Crippen molar-refractivity contribution in [2.75, 3.05) is 0 Å². The Morgan fingerprint density at radius 3 is 3.14 bits per heavy atom. The average molecular weight is 187 g/mol. The first-order valence-corrected chi connectivity index (χ1v) is 5.11. The highest BCUT2D eigenvalue weighted by atomic mass is 16.3. The Kier molecular flexibility index (Phi) is 1.64. The van der Waals surface area contributed by atoms with E-state index in [1.165, 1.54) is 22.9 Å². The molecule has 0 spiro atoms. The van der Waals surface area contributed by atoms with E-state index in [9.17, 15) is 0 Å². The summed E-state index contributed by atoms with van der Waals surface area (Å²) < 4.78 is 5.38. The van der Waals surface area contributed by atoms with Gasteiger partial charge in [-0.15, -0.1) is 0 Å². The average Bonchev–Trinajstić information content (AvgIpc) is 2.65. The molecule has 0 aliphatic heterocycles. The predicted octanol–water partition coefficient (Wildman–Crippen LogP) is 2.77. The van der Waals surface area contributed by atoms with E-state index < -0.39 is 0 Å². The Bertz CT molecular complexity index is 472. The van der Waals surface area contributed by atoms with Gasteiger partial charge < -0.3 is 10.2 Å². The van der Waals surface area contributed by atoms with Crippen LogP contribution in [0, 0.1) is 0 Å². The lowest BCUT2D eigenvalue weighted by atomic mass is 9.86. The smallest absolute Gasteiger partial charge is 0.134 e. The number of rotatable bonds is 0. The topological polar surface area (TPSA) is 39.2 Å². The van der Waals surface area contributed by atoms with Gasteiger partial charge >= 0.3 is 0 Å². The molecule has 14 heavy (non-hydrogen) atoms. The summed E-state index contributed by atoms with van der Waals surface area (Å²) in [5.74, 6) is 0. The van der Waals surface area contributed by atoms with Gasteiger partial charge in [-0.25, -0.2) is 0 Å². The Morgan fingerprint density at radius 2 is 2.21 bits per heavy atom. The fourth-order valence-electron chi connectivity index (χ4n) is 2.42. The zero-order valence-electron chi connectivity index (χ0n) is 7.99. The van der Waals surface area contributed by atoms with Crippen molar-refractivity contribution in [2.24, 2.45) is 5.73 Å². The minimum absolute atomic E-state index is 0.194. The van der Waals surface area contributed by atoms with Gasteiger partial charge in [-0.2, -0.15) is 0 Å². The molecule has 0 radical (unpaired) electrons. The van der Waals surface area contributed by atoms with Gasteiger partial charge in [0.2, 0.25) is 0 Å². The van der Waals surface area contributed by atoms with E-state index >= 15 is 0 Å². The molecule has 1 aromatic carbocycles. The van der Waals surface area contributed by atoms with Crippen molar-refractivity contribution in [1.82, 2.24) is 0 Å². The monoisotopic (exact) mass is 187 g/mol. The maximum atomic E-state index is 6.13. The van der Waals surface area contributed by atoms with Crippen LogP contribution in [0.15, 0.2) is 28.9 Å². The van der Waals surface area contributed by atoms with Crippen LogP contribution in [-0.2, 0) is 6.42 Å². The summed E-state index contributed by atoms with van der Waals surface area (Å²) in [5.41, 5.74) is 9.80. The van der Waals surface area contributed by atoms with Crippen LogP contribution in [0.3, 0.4) is 0 Å². The molecule has 0 bridgehead atoms. The van der Waals surface area contributed by atoms with Crippen LogP contribution in [0.25, 0.3) is 11.0 Å². The van der Waals surface area contributed by atoms with Gasteiger partial charge in [0, 0.05) is 11.4 Å². The van der Waals surface area contributed by atoms with E-state index in [-0.39, 0.29) is 6.04 Å². The molecule has 1 atom stereocenters. The second kappa shape index (κ2) is 2.85. The van der Waals surface area contributed by atoms with Crippen LogP contribution in [-0.4, -0.2) is 0 Å². The minimum atomic E-state index is 0.194. The van der Waals surface area contributed by atoms with Crippen molar-refractivity contribution in [3.8, 4) is 0 Å². The number of hydrogen-bond donors (Lipinski definition) is 1. The SMILES string of the molecule is N[C@@H]1CCCc2ccc3occc3c21. The van der Waals surface area contributed by atoms with Crippen LogP contribution >= 0.6 is 0 Å². The normalized spacial score (nSPS) is 21.1. The largest absolute Gasteiger partial charge is 0.464 e. The van der Waals surface area contributed by atoms with E-state index in [4.69, 9.17) is 10.2 Å². The molecule has 72 valence electrons. The summed E-state index contributed by atoms with van der Waals surface area (Å²) >= 11 is 0. The third kappa shape index (κ3) is 1.01. The van der Waals surface area contributed by atoms with Gasteiger partial charge in [0.1, 0.15) is 5.58 Å². The lowest BCUT2D eigenvalue weighted by Gasteiger charge is -2.22. The minimum Gasteiger partial charge on any atom is -0.464 e. The van der Waals surface area contributed by atoms with Gasteiger partial charge in [-0.1, -0.05) is 6.07 Å². The molecule has 2 N–H and O–H groups in total. The van der Waals surface area contributed by atoms with Crippen LogP contribution in [0.1, 0.15) is 30.0 Å². The maximum Gasteiger partial charge on any atom is 0.134 e. The molecule has 0 saturated carbocycles. The highest BCUT2D eigenvalue weighted by molar-refractivity contribution is 5.83. The van der Waals surface area contributed by atoms with Crippen molar-refractivity contribution < 1.29 is 4.42 Å². The highest BCUT2D eigenvalue weighted by Crippen LogP contribution is 2.34. The molecule has 0 amide bonds. The fraction of sp³-hybridized carbons (Fsp3) is 0.333. The molecule has 1 aromatic heterocycles. The summed E-state index contributed by atoms with van der Waals surface area (Å²) in [6.07, 6.45) is 5.20. The second-order valence-electron chi connectivity index (χ2n) is 3.97. The number of benzene rings is 1. The van der Waals surface area contributed by atoms with E-state index in [2.05, 4.69) is 6.07 Å². The Hall–Kier alpha value is -1.28. The number of aryl methyl sites for hydroxylation is 1. The van der Waals surface area contributed by atoms with Crippen molar-refractivity contribution in [2.45, 2.75) is 25.3 Å². The van der Waals surface area contributed by atoms with Gasteiger partial charge in [-0.05, 0) is 42.5 Å². The zero-order valence-corrected chi connectivity index (χ0v) is 7.99. The Morgan fingerprint density at radius 1 is 1.29 bits per heavy atom. The van der Waals surface area contributed by atoms with Crippen molar-refractivity contribution in [3.63, 3.8) is 0 Å². The quantitative estimate of drug-likeness (QED) is 0.688. The first kappa shape index (κ1) is 8.06. The summed E-state index contributed by atoms with van der Waals surface area (Å²) in [6, 6.07) is 6.42. The molecule has 2 aromatic rings. The van der Waals surface area contributed by atoms with E-state index in [0.29, 0.717) is 0 Å². The number of furan rings is 1. The molecule has 2 heteroatoms. The maximum absolute atomic E-state index is 6.13. The zero-order chi connectivity index (χ0) is 9.54. The predicted molar refractivity (Wildman–Crippen MR) is 56.1 cm³/mol. The lowest BCUT2D eigenvalue weighted by molar-refractivity contribution is 0.573. The summed E-state index contributed by atoms with van der Waals surface area (Å²) in [5, 5.41) is 1.20. The Balaban J connectivity index is 2.35. The molecule has 3 rings (SSSR count). The van der Waals surface area contributed by atoms with E-state index in [0.717, 1.165) is 18.4 Å². The Labute approximate surface area is 82.7 Å². The first-order valence-electron chi connectivity index (χ1n) is 5.11. The summed E-state index contributed by atoms with van der Waals surface area (Å²) in [7, 11) is 0. The third-order valence-corrected chi connectivity index (χ3v) is 3.10. The molecule has 1 aliphatic rings. The van der Waals surface area contributed by atoms with Crippen molar-refractivity contribution in [1.29, 1.82) is 0 Å². The van der Waals surface area contributed by atoms with Gasteiger partial charge in [0.05, 0.1) is 6.26 Å². The number of hydrogen-bond acceptors (Lipinski definition) is 2.